The zero-order valence-corrected chi connectivity index (χ0v) is 18.8. The maximum absolute atomic E-state index is 13.5. The molecule has 1 fully saturated rings. The number of pyridine rings is 1. The summed E-state index contributed by atoms with van der Waals surface area (Å²) >= 11 is 0. The Morgan fingerprint density at radius 1 is 1.06 bits per heavy atom. The number of nitrogens with zero attached hydrogens (tertiary/aromatic N) is 4. The van der Waals surface area contributed by atoms with E-state index in [1.807, 2.05) is 34.1 Å². The fraction of sp³-hybridized carbons (Fsp3) is 0.423. The molecule has 6 nitrogen and oxygen atoms in total. The highest BCUT2D eigenvalue weighted by atomic mass is 19.1. The van der Waals surface area contributed by atoms with Crippen molar-refractivity contribution in [2.75, 3.05) is 19.6 Å². The number of nitrogens with one attached hydrogen (secondary N) is 1. The van der Waals surface area contributed by atoms with Crippen molar-refractivity contribution in [3.63, 3.8) is 0 Å². The largest absolute Gasteiger partial charge is 0.337 e. The molecule has 0 spiro atoms. The van der Waals surface area contributed by atoms with Gasteiger partial charge in [0, 0.05) is 42.8 Å². The van der Waals surface area contributed by atoms with Gasteiger partial charge in [-0.3, -0.25) is 9.78 Å². The molecule has 1 aliphatic heterocycles. The van der Waals surface area contributed by atoms with E-state index in [0.717, 1.165) is 75.1 Å². The predicted octanol–water partition coefficient (Wildman–Crippen LogP) is 3.72. The van der Waals surface area contributed by atoms with Crippen LogP contribution in [0.5, 0.6) is 0 Å². The molecule has 0 radical (unpaired) electrons. The fourth-order valence-corrected chi connectivity index (χ4v) is 4.97. The number of carbonyl (C=O) groups excluding carboxylic acids is 1. The van der Waals surface area contributed by atoms with Gasteiger partial charge in [0.15, 0.2) is 5.69 Å². The van der Waals surface area contributed by atoms with Crippen LogP contribution in [-0.2, 0) is 19.3 Å². The van der Waals surface area contributed by atoms with Gasteiger partial charge in [-0.1, -0.05) is 0 Å². The monoisotopic (exact) mass is 447 g/mol. The molecule has 0 saturated carbocycles. The van der Waals surface area contributed by atoms with E-state index >= 15 is 0 Å². The SMILES string of the molecule is O=C(c1nn(-c2ccc(F)cc2)c2c1CC(NCCc1ccncc1)CC2)N1CCCCC1. The molecule has 3 aromatic rings. The zero-order valence-electron chi connectivity index (χ0n) is 18.8. The lowest BCUT2D eigenvalue weighted by molar-refractivity contribution is 0.0716. The number of benzene rings is 1. The minimum atomic E-state index is -0.275. The number of amides is 1. The van der Waals surface area contributed by atoms with E-state index in [2.05, 4.69) is 10.3 Å². The lowest BCUT2D eigenvalue weighted by Gasteiger charge is -2.27. The highest BCUT2D eigenvalue weighted by Gasteiger charge is 2.31. The zero-order chi connectivity index (χ0) is 22.6. The van der Waals surface area contributed by atoms with Crippen LogP contribution >= 0.6 is 0 Å². The van der Waals surface area contributed by atoms with Crippen LogP contribution in [0.4, 0.5) is 4.39 Å². The van der Waals surface area contributed by atoms with Crippen LogP contribution in [0, 0.1) is 5.82 Å². The molecule has 2 aliphatic rings. The van der Waals surface area contributed by atoms with E-state index in [-0.39, 0.29) is 11.7 Å². The Morgan fingerprint density at radius 3 is 2.58 bits per heavy atom. The van der Waals surface area contributed by atoms with Gasteiger partial charge in [0.25, 0.3) is 5.91 Å². The second-order valence-electron chi connectivity index (χ2n) is 9.01. The Hall–Kier alpha value is -3.06. The van der Waals surface area contributed by atoms with E-state index in [0.29, 0.717) is 11.7 Å². The van der Waals surface area contributed by atoms with Gasteiger partial charge in [-0.15, -0.1) is 0 Å². The second kappa shape index (κ2) is 9.83. The van der Waals surface area contributed by atoms with Crippen LogP contribution in [-0.4, -0.2) is 51.2 Å². The first-order valence-corrected chi connectivity index (χ1v) is 12.0. The summed E-state index contributed by atoms with van der Waals surface area (Å²) in [5.41, 5.74) is 4.75. The highest BCUT2D eigenvalue weighted by Crippen LogP contribution is 2.29. The average Bonchev–Trinajstić information content (AvgIpc) is 3.24. The van der Waals surface area contributed by atoms with Crippen LogP contribution in [0.3, 0.4) is 0 Å². The maximum atomic E-state index is 13.5. The number of likely N-dealkylation sites (tertiary alicyclic amines) is 1. The lowest BCUT2D eigenvalue weighted by atomic mass is 9.90. The Balaban J connectivity index is 1.38. The summed E-state index contributed by atoms with van der Waals surface area (Å²) in [4.78, 5) is 19.5. The van der Waals surface area contributed by atoms with Gasteiger partial charge in [-0.25, -0.2) is 9.07 Å². The highest BCUT2D eigenvalue weighted by molar-refractivity contribution is 5.94. The van der Waals surface area contributed by atoms with Gasteiger partial charge in [0.05, 0.1) is 5.69 Å². The van der Waals surface area contributed by atoms with Crippen LogP contribution in [0.2, 0.25) is 0 Å². The van der Waals surface area contributed by atoms with Crippen LogP contribution in [0.15, 0.2) is 48.8 Å². The standard InChI is InChI=1S/C26H30FN5O/c27-20-4-7-22(8-5-20)32-24-9-6-21(29-15-12-19-10-13-28-14-11-19)18-23(24)25(30-32)26(33)31-16-2-1-3-17-31/h4-5,7-8,10-11,13-14,21,29H,1-3,6,9,12,15-18H2. The number of fused-ring (bicyclic) bond motifs is 1. The van der Waals surface area contributed by atoms with Crippen molar-refractivity contribution in [2.24, 2.45) is 0 Å². The predicted molar refractivity (Wildman–Crippen MR) is 125 cm³/mol. The first kappa shape index (κ1) is 21.8. The second-order valence-corrected chi connectivity index (χ2v) is 9.01. The van der Waals surface area contributed by atoms with Crippen molar-refractivity contribution < 1.29 is 9.18 Å². The molecule has 33 heavy (non-hydrogen) atoms. The van der Waals surface area contributed by atoms with Crippen molar-refractivity contribution in [3.05, 3.63) is 77.1 Å². The summed E-state index contributed by atoms with van der Waals surface area (Å²) in [6.45, 7) is 2.47. The van der Waals surface area contributed by atoms with Crippen molar-refractivity contribution >= 4 is 5.91 Å². The fourth-order valence-electron chi connectivity index (χ4n) is 4.97. The first-order chi connectivity index (χ1) is 16.2. The molecule has 1 saturated heterocycles. The first-order valence-electron chi connectivity index (χ1n) is 12.0. The summed E-state index contributed by atoms with van der Waals surface area (Å²) < 4.78 is 15.4. The Bertz CT molecular complexity index is 1090. The number of halogens is 1. The third-order valence-electron chi connectivity index (χ3n) is 6.78. The smallest absolute Gasteiger partial charge is 0.274 e. The van der Waals surface area contributed by atoms with Gasteiger partial charge in [0.1, 0.15) is 5.82 Å². The molecule has 1 N–H and O–H groups in total. The van der Waals surface area contributed by atoms with Crippen LogP contribution in [0.1, 0.15) is 53.0 Å². The minimum absolute atomic E-state index is 0.0317. The molecule has 172 valence electrons. The van der Waals surface area contributed by atoms with Crippen molar-refractivity contribution in [3.8, 4) is 5.69 Å². The summed E-state index contributed by atoms with van der Waals surface area (Å²) in [6.07, 6.45) is 10.5. The number of hydrogen-bond acceptors (Lipinski definition) is 4. The van der Waals surface area contributed by atoms with Gasteiger partial charge in [-0.05, 0) is 93.5 Å². The summed E-state index contributed by atoms with van der Waals surface area (Å²) in [5, 5.41) is 8.48. The topological polar surface area (TPSA) is 63.1 Å². The number of aromatic nitrogens is 3. The van der Waals surface area contributed by atoms with Gasteiger partial charge >= 0.3 is 0 Å². The third kappa shape index (κ3) is 4.83. The maximum Gasteiger partial charge on any atom is 0.274 e. The number of hydrogen-bond donors (Lipinski definition) is 1. The van der Waals surface area contributed by atoms with Gasteiger partial charge in [-0.2, -0.15) is 5.10 Å². The molecule has 1 aromatic carbocycles. The normalized spacial score (nSPS) is 18.2. The molecule has 5 rings (SSSR count). The van der Waals surface area contributed by atoms with Crippen LogP contribution < -0.4 is 5.32 Å². The Labute approximate surface area is 193 Å². The van der Waals surface area contributed by atoms with E-state index in [1.165, 1.54) is 24.1 Å². The molecule has 1 aliphatic carbocycles. The van der Waals surface area contributed by atoms with Crippen LogP contribution in [0.25, 0.3) is 5.69 Å². The molecule has 0 bridgehead atoms. The summed E-state index contributed by atoms with van der Waals surface area (Å²) in [7, 11) is 0. The number of rotatable bonds is 6. The quantitative estimate of drug-likeness (QED) is 0.626. The lowest BCUT2D eigenvalue weighted by Crippen LogP contribution is -2.38. The Kier molecular flexibility index (Phi) is 6.48. The summed E-state index contributed by atoms with van der Waals surface area (Å²) in [6, 6.07) is 10.8. The molecule has 1 amide bonds. The summed E-state index contributed by atoms with van der Waals surface area (Å²) in [5.74, 6) is -0.243. The van der Waals surface area contributed by atoms with E-state index in [4.69, 9.17) is 5.10 Å². The molecular formula is C26H30FN5O. The molecule has 1 unspecified atom stereocenters. The van der Waals surface area contributed by atoms with Gasteiger partial charge in [0.2, 0.25) is 0 Å². The molecule has 2 aromatic heterocycles. The average molecular weight is 448 g/mol. The molecule has 1 atom stereocenters. The van der Waals surface area contributed by atoms with Gasteiger partial charge < -0.3 is 10.2 Å². The van der Waals surface area contributed by atoms with Crippen molar-refractivity contribution in [2.45, 2.75) is 51.0 Å². The number of carbonyl (C=O) groups is 1. The minimum Gasteiger partial charge on any atom is -0.337 e. The third-order valence-corrected chi connectivity index (χ3v) is 6.78. The van der Waals surface area contributed by atoms with Crippen molar-refractivity contribution in [1.29, 1.82) is 0 Å². The Morgan fingerprint density at radius 2 is 1.82 bits per heavy atom. The van der Waals surface area contributed by atoms with E-state index < -0.39 is 0 Å². The van der Waals surface area contributed by atoms with Crippen molar-refractivity contribution in [1.82, 2.24) is 25.0 Å². The molecule has 7 heteroatoms. The number of piperidine rings is 1. The van der Waals surface area contributed by atoms with E-state index in [9.17, 15) is 9.18 Å². The van der Waals surface area contributed by atoms with E-state index in [1.54, 1.807) is 12.1 Å². The molecular weight excluding hydrogens is 417 g/mol. The molecule has 3 heterocycles.